The largest absolute Gasteiger partial charge is 0.331 e. The molecule has 102 valence electrons. The molecule has 1 heterocycles. The number of hydrogen-bond acceptors (Lipinski definition) is 3. The van der Waals surface area contributed by atoms with Crippen molar-refractivity contribution in [3.63, 3.8) is 0 Å². The first-order valence-corrected chi connectivity index (χ1v) is 7.12. The van der Waals surface area contributed by atoms with Gasteiger partial charge in [-0.05, 0) is 40.3 Å². The number of hydrogen-bond donors (Lipinski definition) is 2. The molecule has 0 aliphatic rings. The fourth-order valence-electron chi connectivity index (χ4n) is 1.43. The van der Waals surface area contributed by atoms with Crippen LogP contribution in [0.4, 0.5) is 5.69 Å². The number of nitrogens with one attached hydrogen (secondary N) is 2. The van der Waals surface area contributed by atoms with Gasteiger partial charge in [0.15, 0.2) is 5.11 Å². The molecule has 1 amide bonds. The molecule has 2 rings (SSSR count). The number of nitrogens with zero attached hydrogens (tertiary/aromatic N) is 1. The summed E-state index contributed by atoms with van der Waals surface area (Å²) in [6.45, 7) is 0. The Morgan fingerprint density at radius 3 is 2.70 bits per heavy atom. The summed E-state index contributed by atoms with van der Waals surface area (Å²) in [6, 6.07) is 10.4. The lowest BCUT2D eigenvalue weighted by Crippen LogP contribution is -2.34. The quantitative estimate of drug-likeness (QED) is 0.626. The number of amides is 1. The van der Waals surface area contributed by atoms with Gasteiger partial charge in [0.2, 0.25) is 0 Å². The van der Waals surface area contributed by atoms with Gasteiger partial charge < -0.3 is 5.32 Å². The molecule has 0 aliphatic carbocycles. The van der Waals surface area contributed by atoms with Gasteiger partial charge in [-0.15, -0.1) is 0 Å². The van der Waals surface area contributed by atoms with E-state index < -0.39 is 0 Å². The molecule has 0 aliphatic heterocycles. The second-order valence-electron chi connectivity index (χ2n) is 3.76. The van der Waals surface area contributed by atoms with E-state index in [-0.39, 0.29) is 11.0 Å². The monoisotopic (exact) mass is 369 g/mol. The van der Waals surface area contributed by atoms with Crippen LogP contribution < -0.4 is 10.6 Å². The summed E-state index contributed by atoms with van der Waals surface area (Å²) in [6.07, 6.45) is 1.55. The van der Waals surface area contributed by atoms with Gasteiger partial charge in [-0.3, -0.25) is 10.1 Å². The van der Waals surface area contributed by atoms with Crippen LogP contribution in [0.15, 0.2) is 47.1 Å². The zero-order chi connectivity index (χ0) is 14.5. The molecule has 0 spiro atoms. The van der Waals surface area contributed by atoms with Crippen LogP contribution in [-0.2, 0) is 0 Å². The van der Waals surface area contributed by atoms with Gasteiger partial charge in [0.05, 0.1) is 10.2 Å². The van der Waals surface area contributed by atoms with E-state index in [1.54, 1.807) is 36.5 Å². The van der Waals surface area contributed by atoms with Crippen molar-refractivity contribution in [3.8, 4) is 0 Å². The Morgan fingerprint density at radius 1 is 1.30 bits per heavy atom. The molecule has 0 bridgehead atoms. The van der Waals surface area contributed by atoms with Crippen LogP contribution >= 0.6 is 39.7 Å². The van der Waals surface area contributed by atoms with Crippen molar-refractivity contribution < 1.29 is 4.79 Å². The molecular formula is C13H9BrClN3OS. The summed E-state index contributed by atoms with van der Waals surface area (Å²) in [4.78, 5) is 15.8. The number of carbonyl (C=O) groups excluding carboxylic acids is 1. The van der Waals surface area contributed by atoms with Gasteiger partial charge >= 0.3 is 0 Å². The van der Waals surface area contributed by atoms with Gasteiger partial charge in [0.1, 0.15) is 5.15 Å². The molecule has 0 saturated carbocycles. The van der Waals surface area contributed by atoms with Crippen LogP contribution in [-0.4, -0.2) is 16.0 Å². The first-order valence-electron chi connectivity index (χ1n) is 5.54. The van der Waals surface area contributed by atoms with E-state index in [0.29, 0.717) is 20.9 Å². The van der Waals surface area contributed by atoms with Crippen molar-refractivity contribution in [2.45, 2.75) is 0 Å². The van der Waals surface area contributed by atoms with E-state index >= 15 is 0 Å². The lowest BCUT2D eigenvalue weighted by atomic mass is 10.2. The van der Waals surface area contributed by atoms with Crippen molar-refractivity contribution in [1.29, 1.82) is 0 Å². The average Bonchev–Trinajstić information content (AvgIpc) is 2.43. The number of benzene rings is 1. The van der Waals surface area contributed by atoms with Crippen molar-refractivity contribution in [2.24, 2.45) is 0 Å². The zero-order valence-corrected chi connectivity index (χ0v) is 13.2. The molecule has 4 nitrogen and oxygen atoms in total. The van der Waals surface area contributed by atoms with Gasteiger partial charge in [-0.2, -0.15) is 0 Å². The highest BCUT2D eigenvalue weighted by Crippen LogP contribution is 2.23. The van der Waals surface area contributed by atoms with Crippen molar-refractivity contribution in [3.05, 3.63) is 57.8 Å². The number of anilines is 1. The molecule has 7 heteroatoms. The second-order valence-corrected chi connectivity index (χ2v) is 5.41. The smallest absolute Gasteiger partial charge is 0.257 e. The Balaban J connectivity index is 2.03. The molecule has 2 aromatic rings. The lowest BCUT2D eigenvalue weighted by molar-refractivity contribution is 0.0978. The lowest BCUT2D eigenvalue weighted by Gasteiger charge is -2.11. The van der Waals surface area contributed by atoms with Crippen LogP contribution in [0.5, 0.6) is 0 Å². The van der Waals surface area contributed by atoms with Crippen LogP contribution in [0, 0.1) is 0 Å². The fraction of sp³-hybridized carbons (Fsp3) is 0. The van der Waals surface area contributed by atoms with Crippen LogP contribution in [0.2, 0.25) is 5.15 Å². The molecule has 0 radical (unpaired) electrons. The summed E-state index contributed by atoms with van der Waals surface area (Å²) in [5.41, 5.74) is 1.16. The van der Waals surface area contributed by atoms with Crippen LogP contribution in [0.3, 0.4) is 0 Å². The van der Waals surface area contributed by atoms with Gasteiger partial charge in [-0.1, -0.05) is 29.8 Å². The van der Waals surface area contributed by atoms with Gasteiger partial charge in [-0.25, -0.2) is 4.98 Å². The summed E-state index contributed by atoms with van der Waals surface area (Å²) < 4.78 is 0.693. The van der Waals surface area contributed by atoms with Crippen molar-refractivity contribution in [2.75, 3.05) is 5.32 Å². The summed E-state index contributed by atoms with van der Waals surface area (Å²) >= 11 is 14.2. The van der Waals surface area contributed by atoms with Crippen molar-refractivity contribution in [1.82, 2.24) is 10.3 Å². The normalized spacial score (nSPS) is 9.90. The Hall–Kier alpha value is -1.50. The Bertz CT molecular complexity index is 651. The number of carbonyl (C=O) groups is 1. The third-order valence-electron chi connectivity index (χ3n) is 2.33. The predicted molar refractivity (Wildman–Crippen MR) is 87.1 cm³/mol. The third-order valence-corrected chi connectivity index (χ3v) is 3.38. The third kappa shape index (κ3) is 4.00. The average molecular weight is 371 g/mol. The minimum atomic E-state index is -0.278. The highest BCUT2D eigenvalue weighted by atomic mass is 79.9. The van der Waals surface area contributed by atoms with Crippen LogP contribution in [0.1, 0.15) is 10.4 Å². The highest BCUT2D eigenvalue weighted by Gasteiger charge is 2.09. The van der Waals surface area contributed by atoms with Gasteiger partial charge in [0.25, 0.3) is 5.91 Å². The van der Waals surface area contributed by atoms with E-state index in [1.165, 1.54) is 0 Å². The number of pyridine rings is 1. The maximum atomic E-state index is 11.9. The first kappa shape index (κ1) is 14.9. The number of aromatic nitrogens is 1. The maximum absolute atomic E-state index is 11.9. The molecule has 2 N–H and O–H groups in total. The number of rotatable bonds is 2. The SMILES string of the molecule is O=C(NC(=S)Nc1cc(Cl)ncc1Br)c1ccccc1. The van der Waals surface area contributed by atoms with Crippen LogP contribution in [0.25, 0.3) is 0 Å². The molecule has 0 unspecified atom stereocenters. The minimum Gasteiger partial charge on any atom is -0.331 e. The Morgan fingerprint density at radius 2 is 2.00 bits per heavy atom. The molecule has 1 aromatic carbocycles. The highest BCUT2D eigenvalue weighted by molar-refractivity contribution is 9.10. The van der Waals surface area contributed by atoms with E-state index in [4.69, 9.17) is 23.8 Å². The van der Waals surface area contributed by atoms with Crippen molar-refractivity contribution >= 4 is 56.5 Å². The molecule has 1 aromatic heterocycles. The molecule has 0 saturated heterocycles. The molecule has 20 heavy (non-hydrogen) atoms. The van der Waals surface area contributed by atoms with E-state index in [9.17, 15) is 4.79 Å². The number of thiocarbonyl (C=S) groups is 1. The summed E-state index contributed by atoms with van der Waals surface area (Å²) in [7, 11) is 0. The van der Waals surface area contributed by atoms with Gasteiger partial charge in [0, 0.05) is 17.8 Å². The zero-order valence-electron chi connectivity index (χ0n) is 10.1. The minimum absolute atomic E-state index is 0.182. The number of halogens is 2. The summed E-state index contributed by atoms with van der Waals surface area (Å²) in [5.74, 6) is -0.278. The predicted octanol–water partition coefficient (Wildman–Crippen LogP) is 3.62. The standard InChI is InChI=1S/C13H9BrClN3OS/c14-9-7-16-11(15)6-10(9)17-13(20)18-12(19)8-4-2-1-3-5-8/h1-7H,(H2,16,17,18,19,20). The molecule has 0 atom stereocenters. The van der Waals surface area contributed by atoms with E-state index in [0.717, 1.165) is 0 Å². The molecule has 0 fully saturated rings. The first-order chi connectivity index (χ1) is 9.56. The molecular weight excluding hydrogens is 362 g/mol. The second kappa shape index (κ2) is 6.78. The fourth-order valence-corrected chi connectivity index (χ4v) is 2.10. The Labute approximate surface area is 134 Å². The maximum Gasteiger partial charge on any atom is 0.257 e. The Kier molecular flexibility index (Phi) is 5.05. The summed E-state index contributed by atoms with van der Waals surface area (Å²) in [5, 5.41) is 5.98. The topological polar surface area (TPSA) is 54.0 Å². The van der Waals surface area contributed by atoms with E-state index in [2.05, 4.69) is 31.5 Å². The van der Waals surface area contributed by atoms with E-state index in [1.807, 2.05) is 6.07 Å².